The van der Waals surface area contributed by atoms with Crippen LogP contribution in [0.25, 0.3) is 43.9 Å². The smallest absolute Gasteiger partial charge is 0.252 e. The predicted molar refractivity (Wildman–Crippen MR) is 320 cm³/mol. The monoisotopic (exact) mass is 978 g/mol. The topological polar surface area (TPSA) is 36.0 Å². The standard InChI is InChI=1S/C69H64BN3O2/c1-42(2)44-26-20-32-52-63(44)72(54-34-16-14-29-49(54)67(3,4)5)58-40-43(41-59-62(58)70(52)53-33-23-31-51(69(9,10)11)64(53)73(59)55-35-17-15-30-50(55)68(6,7)8)71(56-36-21-27-47-45-24-12-18-38-60(45)74-65(47)56)57-37-22-28-48-46-25-13-19-39-61(46)75-66(48)57/h12-42H,1-11H3. The van der Waals surface area contributed by atoms with Crippen LogP contribution in [0.1, 0.15) is 104 Å². The molecule has 4 heterocycles. The summed E-state index contributed by atoms with van der Waals surface area (Å²) in [5.41, 5.74) is 21.9. The van der Waals surface area contributed by atoms with Crippen molar-refractivity contribution in [3.63, 3.8) is 0 Å². The molecule has 2 aliphatic heterocycles. The molecule has 0 aliphatic carbocycles. The minimum atomic E-state index is -0.201. The number of nitrogens with zero attached hydrogens (tertiary/aromatic N) is 3. The second kappa shape index (κ2) is 16.8. The summed E-state index contributed by atoms with van der Waals surface area (Å²) < 4.78 is 14.1. The highest BCUT2D eigenvalue weighted by molar-refractivity contribution is 7.00. The summed E-state index contributed by atoms with van der Waals surface area (Å²) in [6, 6.07) is 67.4. The van der Waals surface area contributed by atoms with E-state index < -0.39 is 0 Å². The summed E-state index contributed by atoms with van der Waals surface area (Å²) in [6.07, 6.45) is 0. The summed E-state index contributed by atoms with van der Waals surface area (Å²) >= 11 is 0. The van der Waals surface area contributed by atoms with Gasteiger partial charge in [0.25, 0.3) is 6.71 Å². The third kappa shape index (κ3) is 7.19. The normalized spacial score (nSPS) is 13.6. The first-order valence-electron chi connectivity index (χ1n) is 26.8. The van der Waals surface area contributed by atoms with Crippen LogP contribution in [-0.2, 0) is 16.2 Å². The van der Waals surface area contributed by atoms with Crippen molar-refractivity contribution in [1.29, 1.82) is 0 Å². The highest BCUT2D eigenvalue weighted by atomic mass is 16.3. The van der Waals surface area contributed by atoms with Gasteiger partial charge in [0.1, 0.15) is 11.2 Å². The summed E-state index contributed by atoms with van der Waals surface area (Å²) in [7, 11) is 0. The van der Waals surface area contributed by atoms with Crippen LogP contribution in [0.4, 0.5) is 51.2 Å². The summed E-state index contributed by atoms with van der Waals surface area (Å²) in [6.45, 7) is 25.8. The van der Waals surface area contributed by atoms with Crippen LogP contribution < -0.4 is 31.1 Å². The van der Waals surface area contributed by atoms with E-state index in [9.17, 15) is 0 Å². The number of rotatable bonds is 6. The minimum Gasteiger partial charge on any atom is -0.454 e. The first kappa shape index (κ1) is 46.8. The number of hydrogen-bond acceptors (Lipinski definition) is 5. The van der Waals surface area contributed by atoms with Gasteiger partial charge in [-0.1, -0.05) is 210 Å². The molecule has 0 amide bonds. The molecule has 0 N–H and O–H groups in total. The maximum Gasteiger partial charge on any atom is 0.252 e. The Kier molecular flexibility index (Phi) is 10.5. The van der Waals surface area contributed by atoms with Gasteiger partial charge in [-0.2, -0.15) is 0 Å². The Hall–Kier alpha value is -7.96. The van der Waals surface area contributed by atoms with E-state index in [-0.39, 0.29) is 28.9 Å². The summed E-state index contributed by atoms with van der Waals surface area (Å²) in [5.74, 6) is 0.237. The van der Waals surface area contributed by atoms with E-state index in [2.05, 4.69) is 273 Å². The fourth-order valence-corrected chi connectivity index (χ4v) is 12.6. The molecule has 0 spiro atoms. The van der Waals surface area contributed by atoms with E-state index in [0.717, 1.165) is 72.3 Å². The Labute approximate surface area is 442 Å². The van der Waals surface area contributed by atoms with Gasteiger partial charge in [0, 0.05) is 55.7 Å². The lowest BCUT2D eigenvalue weighted by molar-refractivity contribution is 0.587. The SMILES string of the molecule is CC(C)c1cccc2c1N(c1ccccc1C(C)(C)C)c1cc(N(c3cccc4c3oc3ccccc34)c3cccc4c3oc3ccccc34)cc3c1B2c1cccc(C(C)(C)C)c1N3c1ccccc1C(C)(C)C. The molecule has 0 radical (unpaired) electrons. The quantitative estimate of drug-likeness (QED) is 0.155. The van der Waals surface area contributed by atoms with Gasteiger partial charge in [0.2, 0.25) is 0 Å². The molecule has 11 aromatic rings. The number of benzene rings is 9. The van der Waals surface area contributed by atoms with E-state index >= 15 is 0 Å². The Morgan fingerprint density at radius 2 is 0.827 bits per heavy atom. The van der Waals surface area contributed by atoms with Gasteiger partial charge in [-0.3, -0.25) is 0 Å². The number of para-hydroxylation sites is 8. The molecule has 0 saturated carbocycles. The molecule has 2 aromatic heterocycles. The van der Waals surface area contributed by atoms with Gasteiger partial charge in [0.05, 0.1) is 17.1 Å². The third-order valence-corrected chi connectivity index (χ3v) is 16.0. The first-order valence-corrected chi connectivity index (χ1v) is 26.8. The van der Waals surface area contributed by atoms with Gasteiger partial charge >= 0.3 is 0 Å². The molecule has 75 heavy (non-hydrogen) atoms. The van der Waals surface area contributed by atoms with Gasteiger partial charge in [-0.25, -0.2) is 0 Å². The Morgan fingerprint density at radius 3 is 1.33 bits per heavy atom. The van der Waals surface area contributed by atoms with Crippen molar-refractivity contribution < 1.29 is 8.83 Å². The minimum absolute atomic E-state index is 0.0859. The molecule has 0 saturated heterocycles. The van der Waals surface area contributed by atoms with E-state index in [1.807, 2.05) is 0 Å². The van der Waals surface area contributed by atoms with E-state index in [1.165, 1.54) is 61.4 Å². The number of hydrogen-bond donors (Lipinski definition) is 0. The molecule has 0 unspecified atom stereocenters. The Balaban J connectivity index is 1.25. The maximum absolute atomic E-state index is 7.06. The number of anilines is 9. The Morgan fingerprint density at radius 1 is 0.413 bits per heavy atom. The lowest BCUT2D eigenvalue weighted by Gasteiger charge is -2.48. The molecule has 370 valence electrons. The molecule has 0 atom stereocenters. The fraction of sp³-hybridized carbons (Fsp3) is 0.217. The van der Waals surface area contributed by atoms with Crippen LogP contribution in [-0.4, -0.2) is 6.71 Å². The van der Waals surface area contributed by atoms with E-state index in [1.54, 1.807) is 0 Å². The van der Waals surface area contributed by atoms with Crippen molar-refractivity contribution in [1.82, 2.24) is 0 Å². The zero-order valence-electron chi connectivity index (χ0n) is 45.1. The van der Waals surface area contributed by atoms with Crippen molar-refractivity contribution in [3.8, 4) is 0 Å². The van der Waals surface area contributed by atoms with Gasteiger partial charge in [-0.05, 0) is 109 Å². The predicted octanol–water partition coefficient (Wildman–Crippen LogP) is 18.1. The molecule has 6 heteroatoms. The zero-order valence-corrected chi connectivity index (χ0v) is 45.1. The van der Waals surface area contributed by atoms with E-state index in [0.29, 0.717) is 0 Å². The second-order valence-electron chi connectivity index (χ2n) is 24.3. The molecule has 2 aliphatic rings. The van der Waals surface area contributed by atoms with Crippen LogP contribution >= 0.6 is 0 Å². The molecular weight excluding hydrogens is 914 g/mol. The largest absolute Gasteiger partial charge is 0.454 e. The van der Waals surface area contributed by atoms with E-state index in [4.69, 9.17) is 8.83 Å². The van der Waals surface area contributed by atoms with Crippen LogP contribution in [0.15, 0.2) is 191 Å². The lowest BCUT2D eigenvalue weighted by atomic mass is 9.33. The molecule has 9 aromatic carbocycles. The summed E-state index contributed by atoms with van der Waals surface area (Å²) in [4.78, 5) is 7.73. The first-order chi connectivity index (χ1) is 36.0. The lowest BCUT2D eigenvalue weighted by Crippen LogP contribution is -2.62. The van der Waals surface area contributed by atoms with Crippen molar-refractivity contribution in [3.05, 3.63) is 204 Å². The molecular formula is C69H64BN3O2. The van der Waals surface area contributed by atoms with Crippen molar-refractivity contribution in [2.24, 2.45) is 0 Å². The molecule has 0 bridgehead atoms. The molecule has 13 rings (SSSR count). The van der Waals surface area contributed by atoms with Gasteiger partial charge < -0.3 is 23.5 Å². The van der Waals surface area contributed by atoms with Gasteiger partial charge in [-0.15, -0.1) is 0 Å². The highest BCUT2D eigenvalue weighted by Crippen LogP contribution is 2.54. The molecule has 0 fully saturated rings. The third-order valence-electron chi connectivity index (χ3n) is 16.0. The van der Waals surface area contributed by atoms with Crippen molar-refractivity contribution in [2.75, 3.05) is 14.7 Å². The Bertz CT molecular complexity index is 3980. The highest BCUT2D eigenvalue weighted by Gasteiger charge is 2.47. The maximum atomic E-state index is 7.06. The van der Waals surface area contributed by atoms with Crippen LogP contribution in [0, 0.1) is 0 Å². The molecule has 5 nitrogen and oxygen atoms in total. The van der Waals surface area contributed by atoms with Crippen LogP contribution in [0.5, 0.6) is 0 Å². The van der Waals surface area contributed by atoms with Gasteiger partial charge in [0.15, 0.2) is 11.2 Å². The zero-order chi connectivity index (χ0) is 51.9. The van der Waals surface area contributed by atoms with Crippen molar-refractivity contribution in [2.45, 2.75) is 98.3 Å². The average molecular weight is 978 g/mol. The fourth-order valence-electron chi connectivity index (χ4n) is 12.6. The summed E-state index contributed by atoms with van der Waals surface area (Å²) in [5, 5.41) is 4.28. The average Bonchev–Trinajstić information content (AvgIpc) is 4.08. The number of furan rings is 2. The number of fused-ring (bicyclic) bond motifs is 10. The van der Waals surface area contributed by atoms with Crippen LogP contribution in [0.2, 0.25) is 0 Å². The van der Waals surface area contributed by atoms with Crippen molar-refractivity contribution >= 4 is 118 Å². The second-order valence-corrected chi connectivity index (χ2v) is 24.3. The van der Waals surface area contributed by atoms with Crippen LogP contribution in [0.3, 0.4) is 0 Å².